The highest BCUT2D eigenvalue weighted by molar-refractivity contribution is 7.21. The van der Waals surface area contributed by atoms with Crippen molar-refractivity contribution in [2.24, 2.45) is 0 Å². The van der Waals surface area contributed by atoms with Crippen molar-refractivity contribution in [3.63, 3.8) is 0 Å². The van der Waals surface area contributed by atoms with Crippen molar-refractivity contribution in [2.75, 3.05) is 23.4 Å². The lowest BCUT2D eigenvalue weighted by Gasteiger charge is -2.26. The predicted octanol–water partition coefficient (Wildman–Crippen LogP) is 6.00. The molecule has 0 aliphatic carbocycles. The molecule has 3 aromatic heterocycles. The van der Waals surface area contributed by atoms with Gasteiger partial charge in [0.25, 0.3) is 0 Å². The summed E-state index contributed by atoms with van der Waals surface area (Å²) in [4.78, 5) is 17.2. The highest BCUT2D eigenvalue weighted by Crippen LogP contribution is 2.37. The fourth-order valence-electron chi connectivity index (χ4n) is 4.09. The van der Waals surface area contributed by atoms with Crippen LogP contribution in [-0.2, 0) is 6.54 Å². The third-order valence-corrected chi connectivity index (χ3v) is 6.64. The molecule has 0 amide bonds. The Kier molecular flexibility index (Phi) is 7.18. The van der Waals surface area contributed by atoms with Gasteiger partial charge in [-0.1, -0.05) is 47.2 Å². The van der Waals surface area contributed by atoms with Crippen LogP contribution in [0.4, 0.5) is 28.1 Å². The fourth-order valence-corrected chi connectivity index (χ4v) is 4.93. The van der Waals surface area contributed by atoms with Crippen LogP contribution in [0.15, 0.2) is 79.0 Å². The highest BCUT2D eigenvalue weighted by Gasteiger charge is 2.17. The number of rotatable bonds is 9. The number of para-hydroxylation sites is 1. The third kappa shape index (κ3) is 5.36. The number of fused-ring (bicyclic) bond motifs is 1. The normalized spacial score (nSPS) is 11.1. The summed E-state index contributed by atoms with van der Waals surface area (Å²) in [7, 11) is 0. The summed E-state index contributed by atoms with van der Waals surface area (Å²) in [6.45, 7) is 5.57. The van der Waals surface area contributed by atoms with E-state index in [1.54, 1.807) is 6.20 Å². The van der Waals surface area contributed by atoms with Crippen molar-refractivity contribution >= 4 is 49.8 Å². The van der Waals surface area contributed by atoms with E-state index in [-0.39, 0.29) is 6.61 Å². The van der Waals surface area contributed by atoms with Gasteiger partial charge in [0, 0.05) is 25.0 Å². The number of pyridine rings is 2. The number of hydrogen-bond acceptors (Lipinski definition) is 8. The Morgan fingerprint density at radius 2 is 1.81 bits per heavy atom. The molecule has 0 unspecified atom stereocenters. The van der Waals surface area contributed by atoms with Gasteiger partial charge in [0.05, 0.1) is 12.3 Å². The van der Waals surface area contributed by atoms with E-state index in [4.69, 9.17) is 15.1 Å². The van der Waals surface area contributed by atoms with Crippen molar-refractivity contribution in [1.82, 2.24) is 20.3 Å². The molecule has 0 radical (unpaired) electrons. The van der Waals surface area contributed by atoms with Crippen LogP contribution >= 0.6 is 11.3 Å². The topological polar surface area (TPSA) is 86.2 Å². The zero-order valence-electron chi connectivity index (χ0n) is 20.3. The number of hydrogen-bond donors (Lipinski definition) is 3. The van der Waals surface area contributed by atoms with Crippen LogP contribution in [0.25, 0.3) is 10.3 Å². The van der Waals surface area contributed by atoms with E-state index in [1.807, 2.05) is 42.5 Å². The Labute approximate surface area is 214 Å². The molecular weight excluding hydrogens is 468 g/mol. The largest absolute Gasteiger partial charge is 0.395 e. The number of nitrogens with one attached hydrogen (secondary N) is 2. The van der Waals surface area contributed by atoms with Crippen molar-refractivity contribution < 1.29 is 5.11 Å². The van der Waals surface area contributed by atoms with Crippen molar-refractivity contribution in [3.8, 4) is 0 Å². The number of aliphatic hydroxyl groups excluding tert-OH is 1. The van der Waals surface area contributed by atoms with Gasteiger partial charge in [-0.2, -0.15) is 0 Å². The standard InChI is InChI=1S/C28H28N6OS/c1-19-8-10-24(20(2)16-19)34(22-6-4-3-5-7-22)26-11-9-23-27(33-26)36-28(31-23)32-25-17-21(12-13-30-25)18-29-14-15-35/h3-13,16-17,29,35H,14-15,18H2,1-2H3,(H,30,31,32). The predicted molar refractivity (Wildman–Crippen MR) is 148 cm³/mol. The summed E-state index contributed by atoms with van der Waals surface area (Å²) < 4.78 is 0. The second kappa shape index (κ2) is 10.8. The Morgan fingerprint density at radius 3 is 2.61 bits per heavy atom. The first kappa shape index (κ1) is 23.9. The lowest BCUT2D eigenvalue weighted by atomic mass is 10.1. The van der Waals surface area contributed by atoms with Gasteiger partial charge >= 0.3 is 0 Å². The molecule has 0 aliphatic rings. The van der Waals surface area contributed by atoms with Crippen LogP contribution in [0.5, 0.6) is 0 Å². The van der Waals surface area contributed by atoms with Crippen molar-refractivity contribution in [1.29, 1.82) is 0 Å². The molecule has 0 spiro atoms. The molecule has 36 heavy (non-hydrogen) atoms. The van der Waals surface area contributed by atoms with Gasteiger partial charge in [0.15, 0.2) is 5.13 Å². The molecule has 3 N–H and O–H groups in total. The van der Waals surface area contributed by atoms with Crippen molar-refractivity contribution in [2.45, 2.75) is 20.4 Å². The lowest BCUT2D eigenvalue weighted by molar-refractivity contribution is 0.292. The average Bonchev–Trinajstić information content (AvgIpc) is 3.28. The monoisotopic (exact) mass is 496 g/mol. The quantitative estimate of drug-likeness (QED) is 0.216. The molecule has 5 aromatic rings. The summed E-state index contributed by atoms with van der Waals surface area (Å²) in [5, 5.41) is 16.2. The lowest BCUT2D eigenvalue weighted by Crippen LogP contribution is -2.17. The third-order valence-electron chi connectivity index (χ3n) is 5.75. The number of aromatic nitrogens is 3. The average molecular weight is 497 g/mol. The van der Waals surface area contributed by atoms with Gasteiger partial charge in [0.2, 0.25) is 0 Å². The second-order valence-corrected chi connectivity index (χ2v) is 9.53. The number of anilines is 5. The SMILES string of the molecule is Cc1ccc(N(c2ccccc2)c2ccc3nc(Nc4cc(CNCCO)ccn4)sc3n2)c(C)c1. The van der Waals surface area contributed by atoms with Gasteiger partial charge in [-0.05, 0) is 67.4 Å². The van der Waals surface area contributed by atoms with Crippen LogP contribution in [0.3, 0.4) is 0 Å². The number of thiazole rings is 1. The van der Waals surface area contributed by atoms with E-state index in [1.165, 1.54) is 22.5 Å². The first-order valence-corrected chi connectivity index (χ1v) is 12.7. The minimum atomic E-state index is 0.113. The molecule has 0 fully saturated rings. The minimum Gasteiger partial charge on any atom is -0.395 e. The fraction of sp³-hybridized carbons (Fsp3) is 0.179. The van der Waals surface area contributed by atoms with Gasteiger partial charge < -0.3 is 15.7 Å². The summed E-state index contributed by atoms with van der Waals surface area (Å²) in [5.74, 6) is 1.56. The van der Waals surface area contributed by atoms with Crippen LogP contribution in [0.1, 0.15) is 16.7 Å². The smallest absolute Gasteiger partial charge is 0.190 e. The Bertz CT molecular complexity index is 1470. The van der Waals surface area contributed by atoms with Gasteiger partial charge in [-0.3, -0.25) is 4.90 Å². The number of nitrogens with zero attached hydrogens (tertiary/aromatic N) is 4. The maximum atomic E-state index is 8.97. The molecule has 5 rings (SSSR count). The van der Waals surface area contributed by atoms with Crippen LogP contribution in [-0.4, -0.2) is 33.2 Å². The van der Waals surface area contributed by atoms with Crippen LogP contribution < -0.4 is 15.5 Å². The summed E-state index contributed by atoms with van der Waals surface area (Å²) in [5.41, 5.74) is 6.47. The summed E-state index contributed by atoms with van der Waals surface area (Å²) in [6, 6.07) is 24.7. The van der Waals surface area contributed by atoms with E-state index >= 15 is 0 Å². The van der Waals surface area contributed by atoms with E-state index in [9.17, 15) is 0 Å². The molecule has 0 atom stereocenters. The van der Waals surface area contributed by atoms with Gasteiger partial charge in [0.1, 0.15) is 22.0 Å². The van der Waals surface area contributed by atoms with Crippen molar-refractivity contribution in [3.05, 3.63) is 95.7 Å². The Hall–Kier alpha value is -3.85. The number of benzene rings is 2. The van der Waals surface area contributed by atoms with Crippen LogP contribution in [0.2, 0.25) is 0 Å². The van der Waals surface area contributed by atoms with Crippen LogP contribution in [0, 0.1) is 13.8 Å². The molecule has 182 valence electrons. The first-order valence-electron chi connectivity index (χ1n) is 11.8. The van der Waals surface area contributed by atoms with E-state index < -0.39 is 0 Å². The molecule has 0 saturated heterocycles. The molecule has 0 aliphatic heterocycles. The number of aliphatic hydroxyl groups is 1. The van der Waals surface area contributed by atoms with E-state index in [0.29, 0.717) is 13.1 Å². The minimum absolute atomic E-state index is 0.113. The molecule has 3 heterocycles. The first-order chi connectivity index (χ1) is 17.6. The maximum Gasteiger partial charge on any atom is 0.190 e. The van der Waals surface area contributed by atoms with E-state index in [0.717, 1.165) is 44.1 Å². The van der Waals surface area contributed by atoms with E-state index in [2.05, 4.69) is 64.7 Å². The number of aryl methyl sites for hydroxylation is 2. The maximum absolute atomic E-state index is 8.97. The zero-order valence-corrected chi connectivity index (χ0v) is 21.1. The zero-order chi connectivity index (χ0) is 24.9. The van der Waals surface area contributed by atoms with Gasteiger partial charge in [-0.15, -0.1) is 0 Å². The molecule has 0 bridgehead atoms. The Balaban J connectivity index is 1.46. The summed E-state index contributed by atoms with van der Waals surface area (Å²) in [6.07, 6.45) is 1.77. The molecular formula is C28H28N6OS. The highest BCUT2D eigenvalue weighted by atomic mass is 32.1. The second-order valence-electron chi connectivity index (χ2n) is 8.55. The molecule has 8 heteroatoms. The Morgan fingerprint density at radius 1 is 0.944 bits per heavy atom. The molecule has 0 saturated carbocycles. The molecule has 7 nitrogen and oxygen atoms in total. The molecule has 2 aromatic carbocycles. The van der Waals surface area contributed by atoms with Gasteiger partial charge in [-0.25, -0.2) is 15.0 Å². The summed E-state index contributed by atoms with van der Waals surface area (Å²) >= 11 is 1.50.